The summed E-state index contributed by atoms with van der Waals surface area (Å²) in [5.41, 5.74) is 6.56. The van der Waals surface area contributed by atoms with Crippen molar-refractivity contribution in [3.8, 4) is 0 Å². The summed E-state index contributed by atoms with van der Waals surface area (Å²) >= 11 is 0. The molecule has 0 radical (unpaired) electrons. The SMILES string of the molecule is C=CC1CCC(C)CC1.CCS(=O)(=O)c1ccc(CNC(=O)c2cnc3c(c2)CN(CC2CCC(C)CC2)[C@H]3C(C)C)nc1.CCS(=O)(=O)c1ccc(CNC(=O)c2cnc3c(c2)CN[C@H]3C(C)C)nc1.CO. The van der Waals surface area contributed by atoms with Crippen LogP contribution >= 0.6 is 0 Å². The Bertz CT molecular complexity index is 2650. The summed E-state index contributed by atoms with van der Waals surface area (Å²) in [5.74, 6) is 3.92. The number of nitrogens with zero attached hydrogens (tertiary/aromatic N) is 5. The van der Waals surface area contributed by atoms with E-state index in [0.717, 1.165) is 66.4 Å². The second-order valence-electron chi connectivity index (χ2n) is 20.8. The van der Waals surface area contributed by atoms with Crippen molar-refractivity contribution in [2.75, 3.05) is 25.2 Å². The third kappa shape index (κ3) is 16.3. The molecule has 73 heavy (non-hydrogen) atoms. The number of aromatic nitrogens is 4. The molecule has 2 amide bonds. The molecule has 2 atom stereocenters. The van der Waals surface area contributed by atoms with Gasteiger partial charge in [0.15, 0.2) is 19.7 Å². The minimum Gasteiger partial charge on any atom is -0.400 e. The topological polar surface area (TPSA) is 214 Å². The molecule has 2 aliphatic carbocycles. The molecule has 8 rings (SSSR count). The number of aliphatic hydroxyl groups excluding tert-OH is 1. The molecule has 17 heteroatoms. The third-order valence-electron chi connectivity index (χ3n) is 14.6. The number of nitrogens with one attached hydrogen (secondary N) is 3. The second kappa shape index (κ2) is 27.6. The van der Waals surface area contributed by atoms with E-state index in [1.54, 1.807) is 38.4 Å². The number of aliphatic hydroxyl groups is 1. The standard InChI is InChI=1S/C27H38N4O3S.C19H24N4O3S.C9H16.CH4O/c1-5-35(33,34)24-11-10-23(28-15-24)14-30-27(32)21-12-22-17-31(16-20-8-6-19(4)7-9-20)26(18(2)3)25(22)29-13-21;1-4-27(25,26)16-6-5-15(20-11-16)10-23-19(24)14-7-13-8-21-17(12(2)3)18(13)22-9-14;1-3-9-6-4-8(2)5-7-9;1-2/h10-13,15,18-20,26H,5-9,14,16-17H2,1-4H3,(H,30,32);5-7,9,11-12,17,21H,4,8,10H2,1-3H3,(H,23,24);3,8-9H,1,4-7H2,2H3;2H,1H3/t19?,20?,26-;17-;;/m00../s1. The van der Waals surface area contributed by atoms with Crippen LogP contribution in [0, 0.1) is 35.5 Å². The number of fused-ring (bicyclic) bond motifs is 2. The van der Waals surface area contributed by atoms with Crippen LogP contribution in [-0.2, 0) is 45.9 Å². The zero-order chi connectivity index (χ0) is 53.5. The second-order valence-corrected chi connectivity index (χ2v) is 25.3. The van der Waals surface area contributed by atoms with Gasteiger partial charge in [-0.15, -0.1) is 6.58 Å². The van der Waals surface area contributed by atoms with Crippen LogP contribution in [0.3, 0.4) is 0 Å². The average Bonchev–Trinajstić information content (AvgIpc) is 4.00. The normalized spacial score (nSPS) is 21.5. The molecule has 2 saturated carbocycles. The molecule has 15 nitrogen and oxygen atoms in total. The number of rotatable bonds is 15. The zero-order valence-corrected chi connectivity index (χ0v) is 46.4. The van der Waals surface area contributed by atoms with Crippen LogP contribution in [0.2, 0.25) is 0 Å². The summed E-state index contributed by atoms with van der Waals surface area (Å²) < 4.78 is 47.5. The highest BCUT2D eigenvalue weighted by molar-refractivity contribution is 7.91. The van der Waals surface area contributed by atoms with Gasteiger partial charge in [-0.3, -0.25) is 34.4 Å². The van der Waals surface area contributed by atoms with Crippen molar-refractivity contribution in [2.24, 2.45) is 35.5 Å². The molecule has 4 aromatic heterocycles. The number of hydrogen-bond acceptors (Lipinski definition) is 13. The molecule has 400 valence electrons. The van der Waals surface area contributed by atoms with Crippen molar-refractivity contribution in [3.63, 3.8) is 0 Å². The maximum atomic E-state index is 12.8. The summed E-state index contributed by atoms with van der Waals surface area (Å²) in [7, 11) is -5.55. The summed E-state index contributed by atoms with van der Waals surface area (Å²) in [4.78, 5) is 45.8. The van der Waals surface area contributed by atoms with E-state index in [1.165, 1.54) is 75.9 Å². The maximum Gasteiger partial charge on any atom is 0.253 e. The van der Waals surface area contributed by atoms with E-state index >= 15 is 0 Å². The van der Waals surface area contributed by atoms with E-state index in [0.29, 0.717) is 46.9 Å². The van der Waals surface area contributed by atoms with Gasteiger partial charge >= 0.3 is 0 Å². The van der Waals surface area contributed by atoms with E-state index in [9.17, 15) is 26.4 Å². The highest BCUT2D eigenvalue weighted by atomic mass is 32.2. The van der Waals surface area contributed by atoms with Crippen LogP contribution in [-0.4, -0.2) is 83.8 Å². The molecular formula is C56H82N8O7S2. The molecule has 0 saturated heterocycles. The lowest BCUT2D eigenvalue weighted by Crippen LogP contribution is -2.32. The van der Waals surface area contributed by atoms with E-state index in [4.69, 9.17) is 10.1 Å². The molecule has 6 heterocycles. The van der Waals surface area contributed by atoms with Crippen LogP contribution in [0.4, 0.5) is 0 Å². The van der Waals surface area contributed by atoms with Crippen LogP contribution < -0.4 is 16.0 Å². The molecule has 0 unspecified atom stereocenters. The first-order valence-electron chi connectivity index (χ1n) is 26.3. The van der Waals surface area contributed by atoms with Gasteiger partial charge in [-0.2, -0.15) is 0 Å². The molecule has 0 spiro atoms. The number of allylic oxidation sites excluding steroid dienone is 1. The minimum absolute atomic E-state index is 0.0304. The van der Waals surface area contributed by atoms with Crippen LogP contribution in [0.25, 0.3) is 0 Å². The lowest BCUT2D eigenvalue weighted by atomic mass is 9.82. The molecule has 4 N–H and O–H groups in total. The fraction of sp³-hybridized carbons (Fsp3) is 0.571. The van der Waals surface area contributed by atoms with Gasteiger partial charge in [-0.1, -0.05) is 87.1 Å². The summed E-state index contributed by atoms with van der Waals surface area (Å²) in [5, 5.41) is 16.1. The number of sulfone groups is 2. The monoisotopic (exact) mass is 1040 g/mol. The highest BCUT2D eigenvalue weighted by Gasteiger charge is 2.36. The average molecular weight is 1040 g/mol. The van der Waals surface area contributed by atoms with E-state index in [-0.39, 0.29) is 52.2 Å². The zero-order valence-electron chi connectivity index (χ0n) is 44.7. The van der Waals surface area contributed by atoms with Crippen LogP contribution in [0.5, 0.6) is 0 Å². The largest absolute Gasteiger partial charge is 0.400 e. The quantitative estimate of drug-likeness (QED) is 0.0819. The Balaban J connectivity index is 0.000000229. The van der Waals surface area contributed by atoms with E-state index in [2.05, 4.69) is 90.0 Å². The molecule has 0 aromatic carbocycles. The van der Waals surface area contributed by atoms with Gasteiger partial charge in [-0.05, 0) is 109 Å². The van der Waals surface area contributed by atoms with E-state index in [1.807, 2.05) is 12.1 Å². The first-order chi connectivity index (χ1) is 34.8. The highest BCUT2D eigenvalue weighted by Crippen LogP contribution is 2.40. The van der Waals surface area contributed by atoms with Crippen LogP contribution in [0.15, 0.2) is 83.6 Å². The van der Waals surface area contributed by atoms with Crippen molar-refractivity contribution >= 4 is 31.5 Å². The van der Waals surface area contributed by atoms with Crippen LogP contribution in [0.1, 0.15) is 173 Å². The van der Waals surface area contributed by atoms with Crippen molar-refractivity contribution in [3.05, 3.63) is 119 Å². The third-order valence-corrected chi connectivity index (χ3v) is 18.1. The van der Waals surface area contributed by atoms with Gasteiger partial charge < -0.3 is 21.1 Å². The Morgan fingerprint density at radius 2 is 1.18 bits per heavy atom. The molecule has 4 aliphatic rings. The molecule has 2 fully saturated rings. The maximum absolute atomic E-state index is 12.8. The Labute approximate surface area is 436 Å². The molecular weight excluding hydrogens is 961 g/mol. The minimum atomic E-state index is -3.28. The summed E-state index contributed by atoms with van der Waals surface area (Å²) in [6.07, 6.45) is 18.9. The Morgan fingerprint density at radius 3 is 1.62 bits per heavy atom. The Morgan fingerprint density at radius 1 is 0.699 bits per heavy atom. The number of amides is 2. The predicted octanol–water partition coefficient (Wildman–Crippen LogP) is 9.15. The van der Waals surface area contributed by atoms with Crippen molar-refractivity contribution in [2.45, 2.75) is 155 Å². The van der Waals surface area contributed by atoms with Gasteiger partial charge in [0, 0.05) is 51.5 Å². The number of hydrogen-bond donors (Lipinski definition) is 4. The van der Waals surface area contributed by atoms with Crippen molar-refractivity contribution < 1.29 is 31.5 Å². The van der Waals surface area contributed by atoms with Crippen molar-refractivity contribution in [1.82, 2.24) is 40.8 Å². The lowest BCUT2D eigenvalue weighted by molar-refractivity contribution is 0.0942. The molecule has 0 bridgehead atoms. The molecule has 2 aliphatic heterocycles. The van der Waals surface area contributed by atoms with Gasteiger partial charge in [0.2, 0.25) is 0 Å². The Kier molecular flexibility index (Phi) is 22.2. The van der Waals surface area contributed by atoms with E-state index < -0.39 is 19.7 Å². The number of carbonyl (C=O) groups excluding carboxylic acids is 2. The lowest BCUT2D eigenvalue weighted by Gasteiger charge is -2.34. The first-order valence-corrected chi connectivity index (χ1v) is 29.6. The van der Waals surface area contributed by atoms with Gasteiger partial charge in [0.05, 0.1) is 80.4 Å². The number of carbonyl (C=O) groups is 2. The Hall–Kier alpha value is -4.94. The molecule has 4 aromatic rings. The summed E-state index contributed by atoms with van der Waals surface area (Å²) in [6.45, 7) is 23.6. The van der Waals surface area contributed by atoms with Crippen molar-refractivity contribution in [1.29, 1.82) is 0 Å². The van der Waals surface area contributed by atoms with Gasteiger partial charge in [0.25, 0.3) is 11.8 Å². The number of pyridine rings is 4. The summed E-state index contributed by atoms with van der Waals surface area (Å²) in [6, 6.07) is 10.7. The first kappa shape index (κ1) is 58.9. The predicted molar refractivity (Wildman–Crippen MR) is 288 cm³/mol. The van der Waals surface area contributed by atoms with Gasteiger partial charge in [-0.25, -0.2) is 16.8 Å². The van der Waals surface area contributed by atoms with Gasteiger partial charge in [0.1, 0.15) is 0 Å². The smallest absolute Gasteiger partial charge is 0.253 e. The fourth-order valence-corrected chi connectivity index (χ4v) is 11.7. The fourth-order valence-electron chi connectivity index (χ4n) is 10.0.